The summed E-state index contributed by atoms with van der Waals surface area (Å²) in [6.45, 7) is 5.55. The van der Waals surface area contributed by atoms with Crippen LogP contribution in [-0.2, 0) is 10.0 Å². The highest BCUT2D eigenvalue weighted by Gasteiger charge is 2.04. The van der Waals surface area contributed by atoms with E-state index in [1.807, 2.05) is 6.92 Å². The molecule has 0 bridgehead atoms. The van der Waals surface area contributed by atoms with Crippen molar-refractivity contribution in [2.45, 2.75) is 13.3 Å². The van der Waals surface area contributed by atoms with Gasteiger partial charge in [-0.25, -0.2) is 13.1 Å². The zero-order valence-electron chi connectivity index (χ0n) is 6.13. The van der Waals surface area contributed by atoms with E-state index in [0.29, 0.717) is 13.0 Å². The summed E-state index contributed by atoms with van der Waals surface area (Å²) in [5.74, 6) is 0.195. The highest BCUT2D eigenvalue weighted by atomic mass is 32.2. The summed E-state index contributed by atoms with van der Waals surface area (Å²) in [6.07, 6.45) is 2.17. The number of hydrogen-bond donors (Lipinski definition) is 1. The summed E-state index contributed by atoms with van der Waals surface area (Å²) in [7, 11) is -3.02. The Hall–Kier alpha value is -0.350. The lowest BCUT2D eigenvalue weighted by atomic mass is 10.6. The van der Waals surface area contributed by atoms with Gasteiger partial charge < -0.3 is 0 Å². The van der Waals surface area contributed by atoms with Gasteiger partial charge in [0.05, 0.1) is 5.75 Å². The van der Waals surface area contributed by atoms with Crippen LogP contribution < -0.4 is 4.72 Å². The molecule has 3 nitrogen and oxygen atoms in total. The van der Waals surface area contributed by atoms with Gasteiger partial charge in [0.1, 0.15) is 0 Å². The fourth-order valence-corrected chi connectivity index (χ4v) is 1.58. The molecule has 0 radical (unpaired) electrons. The van der Waals surface area contributed by atoms with E-state index >= 15 is 0 Å². The molecular formula is C6H13NO2S. The van der Waals surface area contributed by atoms with Crippen molar-refractivity contribution in [3.63, 3.8) is 0 Å². The van der Waals surface area contributed by atoms with Crippen molar-refractivity contribution in [1.29, 1.82) is 0 Å². The van der Waals surface area contributed by atoms with Crippen LogP contribution in [0.1, 0.15) is 13.3 Å². The summed E-state index contributed by atoms with van der Waals surface area (Å²) in [5, 5.41) is 0. The van der Waals surface area contributed by atoms with Crippen molar-refractivity contribution >= 4 is 10.0 Å². The minimum absolute atomic E-state index is 0.195. The molecular weight excluding hydrogens is 150 g/mol. The third kappa shape index (κ3) is 4.52. The molecule has 1 N–H and O–H groups in total. The Morgan fingerprint density at radius 2 is 2.20 bits per heavy atom. The average molecular weight is 163 g/mol. The molecule has 0 saturated carbocycles. The normalized spacial score (nSPS) is 11.3. The lowest BCUT2D eigenvalue weighted by Gasteiger charge is -2.00. The molecule has 0 aromatic rings. The van der Waals surface area contributed by atoms with Crippen LogP contribution in [0, 0.1) is 0 Å². The second-order valence-electron chi connectivity index (χ2n) is 1.96. The third-order valence-corrected chi connectivity index (χ3v) is 2.47. The summed E-state index contributed by atoms with van der Waals surface area (Å²) in [4.78, 5) is 0. The Labute approximate surface area is 62.2 Å². The summed E-state index contributed by atoms with van der Waals surface area (Å²) in [6, 6.07) is 0. The van der Waals surface area contributed by atoms with E-state index in [9.17, 15) is 8.42 Å². The van der Waals surface area contributed by atoms with Crippen molar-refractivity contribution in [3.8, 4) is 0 Å². The molecule has 0 fully saturated rings. The fraction of sp³-hybridized carbons (Fsp3) is 0.667. The molecule has 0 atom stereocenters. The number of rotatable bonds is 5. The molecule has 0 saturated heterocycles. The first kappa shape index (κ1) is 9.65. The van der Waals surface area contributed by atoms with Gasteiger partial charge >= 0.3 is 0 Å². The van der Waals surface area contributed by atoms with Crippen molar-refractivity contribution in [2.75, 3.05) is 12.3 Å². The lowest BCUT2D eigenvalue weighted by molar-refractivity contribution is 0.584. The van der Waals surface area contributed by atoms with Crippen molar-refractivity contribution < 1.29 is 8.42 Å². The van der Waals surface area contributed by atoms with Gasteiger partial charge in [-0.3, -0.25) is 0 Å². The molecule has 0 unspecified atom stereocenters. The van der Waals surface area contributed by atoms with Crippen LogP contribution in [0.15, 0.2) is 12.7 Å². The predicted molar refractivity (Wildman–Crippen MR) is 42.3 cm³/mol. The number of hydrogen-bond acceptors (Lipinski definition) is 2. The molecule has 0 amide bonds. The maximum atomic E-state index is 10.8. The molecule has 0 aliphatic carbocycles. The first-order valence-corrected chi connectivity index (χ1v) is 4.86. The molecule has 0 aromatic carbocycles. The largest absolute Gasteiger partial charge is 0.212 e. The molecule has 0 heterocycles. The van der Waals surface area contributed by atoms with E-state index < -0.39 is 10.0 Å². The van der Waals surface area contributed by atoms with Crippen molar-refractivity contribution in [1.82, 2.24) is 4.72 Å². The zero-order valence-corrected chi connectivity index (χ0v) is 6.95. The van der Waals surface area contributed by atoms with Crippen molar-refractivity contribution in [3.05, 3.63) is 12.7 Å². The molecule has 10 heavy (non-hydrogen) atoms. The van der Waals surface area contributed by atoms with Crippen LogP contribution in [0.3, 0.4) is 0 Å². The predicted octanol–water partition coefficient (Wildman–Crippen LogP) is 0.502. The van der Waals surface area contributed by atoms with Crippen LogP contribution in [0.25, 0.3) is 0 Å². The zero-order chi connectivity index (χ0) is 8.04. The van der Waals surface area contributed by atoms with Gasteiger partial charge in [0, 0.05) is 6.54 Å². The first-order chi connectivity index (χ1) is 4.62. The van der Waals surface area contributed by atoms with Gasteiger partial charge in [0.2, 0.25) is 10.0 Å². The second-order valence-corrected chi connectivity index (χ2v) is 3.88. The van der Waals surface area contributed by atoms with E-state index in [1.54, 1.807) is 0 Å². The van der Waals surface area contributed by atoms with E-state index in [0.717, 1.165) is 0 Å². The van der Waals surface area contributed by atoms with Gasteiger partial charge in [-0.1, -0.05) is 13.0 Å². The molecule has 0 spiro atoms. The summed E-state index contributed by atoms with van der Waals surface area (Å²) in [5.41, 5.74) is 0. The standard InChI is InChI=1S/C6H13NO2S/c1-3-5-7-10(8,9)6-4-2/h3,7H,1,4-6H2,2H3. The fourth-order valence-electron chi connectivity index (χ4n) is 0.527. The maximum Gasteiger partial charge on any atom is 0.211 e. The Kier molecular flexibility index (Phi) is 4.31. The average Bonchev–Trinajstić information content (AvgIpc) is 1.84. The van der Waals surface area contributed by atoms with E-state index in [2.05, 4.69) is 11.3 Å². The molecule has 0 aliphatic rings. The lowest BCUT2D eigenvalue weighted by Crippen LogP contribution is -2.25. The Morgan fingerprint density at radius 3 is 2.60 bits per heavy atom. The van der Waals surface area contributed by atoms with Gasteiger partial charge in [-0.2, -0.15) is 0 Å². The van der Waals surface area contributed by atoms with Crippen LogP contribution in [0.5, 0.6) is 0 Å². The summed E-state index contributed by atoms with van der Waals surface area (Å²) >= 11 is 0. The van der Waals surface area contributed by atoms with Crippen LogP contribution >= 0.6 is 0 Å². The monoisotopic (exact) mass is 163 g/mol. The van der Waals surface area contributed by atoms with Crippen LogP contribution in [0.2, 0.25) is 0 Å². The van der Waals surface area contributed by atoms with Crippen molar-refractivity contribution in [2.24, 2.45) is 0 Å². The van der Waals surface area contributed by atoms with E-state index in [4.69, 9.17) is 0 Å². The smallest absolute Gasteiger partial charge is 0.211 e. The third-order valence-electron chi connectivity index (χ3n) is 0.920. The Morgan fingerprint density at radius 1 is 1.60 bits per heavy atom. The topological polar surface area (TPSA) is 46.2 Å². The Bertz CT molecular complexity index is 184. The van der Waals surface area contributed by atoms with Crippen LogP contribution in [-0.4, -0.2) is 20.7 Å². The van der Waals surface area contributed by atoms with Crippen LogP contribution in [0.4, 0.5) is 0 Å². The van der Waals surface area contributed by atoms with E-state index in [-0.39, 0.29) is 5.75 Å². The van der Waals surface area contributed by atoms with Gasteiger partial charge in [0.25, 0.3) is 0 Å². The maximum absolute atomic E-state index is 10.8. The number of sulfonamides is 1. The van der Waals surface area contributed by atoms with Gasteiger partial charge in [-0.15, -0.1) is 6.58 Å². The second kappa shape index (κ2) is 4.46. The molecule has 0 aliphatic heterocycles. The first-order valence-electron chi connectivity index (χ1n) is 3.20. The molecule has 0 rings (SSSR count). The Balaban J connectivity index is 3.76. The number of nitrogens with one attached hydrogen (secondary N) is 1. The SMILES string of the molecule is C=CCNS(=O)(=O)CCC. The minimum atomic E-state index is -3.02. The van der Waals surface area contributed by atoms with Gasteiger partial charge in [-0.05, 0) is 6.42 Å². The molecule has 0 aromatic heterocycles. The molecule has 60 valence electrons. The summed E-state index contributed by atoms with van der Waals surface area (Å²) < 4.78 is 24.0. The minimum Gasteiger partial charge on any atom is -0.212 e. The highest BCUT2D eigenvalue weighted by Crippen LogP contribution is 1.86. The van der Waals surface area contributed by atoms with Gasteiger partial charge in [0.15, 0.2) is 0 Å². The quantitative estimate of drug-likeness (QED) is 0.600. The highest BCUT2D eigenvalue weighted by molar-refractivity contribution is 7.89. The molecule has 4 heteroatoms. The van der Waals surface area contributed by atoms with E-state index in [1.165, 1.54) is 6.08 Å².